The maximum atomic E-state index is 13.9. The van der Waals surface area contributed by atoms with Crippen LogP contribution in [0.15, 0.2) is 42.5 Å². The number of benzene rings is 2. The standard InChI is InChI=1S/C15H15FINO/c1-10(18-12-8-6-11(17)7-9-12)15-13(16)4-3-5-14(15)19-2/h3-10,18H,1-2H3. The van der Waals surface area contributed by atoms with Crippen molar-refractivity contribution in [3.63, 3.8) is 0 Å². The molecule has 2 rings (SSSR count). The molecule has 2 aromatic rings. The van der Waals surface area contributed by atoms with Crippen LogP contribution < -0.4 is 10.1 Å². The first kappa shape index (κ1) is 14.1. The number of anilines is 1. The fraction of sp³-hybridized carbons (Fsp3) is 0.200. The monoisotopic (exact) mass is 371 g/mol. The van der Waals surface area contributed by atoms with Gasteiger partial charge in [0.1, 0.15) is 11.6 Å². The lowest BCUT2D eigenvalue weighted by atomic mass is 10.1. The number of rotatable bonds is 4. The van der Waals surface area contributed by atoms with Crippen LogP contribution in [0.5, 0.6) is 5.75 Å². The fourth-order valence-corrected chi connectivity index (χ4v) is 2.34. The Morgan fingerprint density at radius 1 is 1.16 bits per heavy atom. The minimum atomic E-state index is -0.259. The van der Waals surface area contributed by atoms with E-state index in [2.05, 4.69) is 27.9 Å². The smallest absolute Gasteiger partial charge is 0.132 e. The van der Waals surface area contributed by atoms with Crippen LogP contribution in [0, 0.1) is 9.39 Å². The minimum Gasteiger partial charge on any atom is -0.496 e. The Balaban J connectivity index is 2.24. The van der Waals surface area contributed by atoms with Crippen LogP contribution in [0.25, 0.3) is 0 Å². The summed E-state index contributed by atoms with van der Waals surface area (Å²) in [5.74, 6) is 0.301. The van der Waals surface area contributed by atoms with Gasteiger partial charge in [0.05, 0.1) is 18.7 Å². The Labute approximate surface area is 126 Å². The number of halogens is 2. The van der Waals surface area contributed by atoms with Gasteiger partial charge in [-0.25, -0.2) is 4.39 Å². The van der Waals surface area contributed by atoms with Gasteiger partial charge in [-0.1, -0.05) is 6.07 Å². The van der Waals surface area contributed by atoms with Crippen molar-refractivity contribution in [1.29, 1.82) is 0 Å². The molecule has 1 atom stereocenters. The first-order valence-corrected chi connectivity index (χ1v) is 7.04. The summed E-state index contributed by atoms with van der Waals surface area (Å²) < 4.78 is 20.3. The second-order valence-corrected chi connectivity index (χ2v) is 5.47. The van der Waals surface area contributed by atoms with E-state index in [1.165, 1.54) is 9.64 Å². The molecule has 0 heterocycles. The molecule has 0 saturated heterocycles. The Kier molecular flexibility index (Phi) is 4.63. The first-order valence-electron chi connectivity index (χ1n) is 5.96. The number of ether oxygens (including phenoxy) is 1. The molecular weight excluding hydrogens is 356 g/mol. The second kappa shape index (κ2) is 6.23. The van der Waals surface area contributed by atoms with E-state index in [-0.39, 0.29) is 11.9 Å². The lowest BCUT2D eigenvalue weighted by molar-refractivity contribution is 0.402. The van der Waals surface area contributed by atoms with Crippen LogP contribution in [0.4, 0.5) is 10.1 Å². The van der Waals surface area contributed by atoms with E-state index in [0.717, 1.165) is 5.69 Å². The van der Waals surface area contributed by atoms with Gasteiger partial charge in [-0.05, 0) is 65.9 Å². The summed E-state index contributed by atoms with van der Waals surface area (Å²) in [6, 6.07) is 12.7. The lowest BCUT2D eigenvalue weighted by Gasteiger charge is -2.19. The largest absolute Gasteiger partial charge is 0.496 e. The highest BCUT2D eigenvalue weighted by molar-refractivity contribution is 14.1. The highest BCUT2D eigenvalue weighted by Gasteiger charge is 2.16. The highest BCUT2D eigenvalue weighted by Crippen LogP contribution is 2.30. The fourth-order valence-electron chi connectivity index (χ4n) is 1.98. The molecule has 0 spiro atoms. The number of methoxy groups -OCH3 is 1. The summed E-state index contributed by atoms with van der Waals surface area (Å²) in [6.45, 7) is 1.92. The second-order valence-electron chi connectivity index (χ2n) is 4.23. The molecule has 0 aliphatic carbocycles. The molecule has 1 unspecified atom stereocenters. The summed E-state index contributed by atoms with van der Waals surface area (Å²) in [5.41, 5.74) is 1.50. The Bertz CT molecular complexity index is 557. The quantitative estimate of drug-likeness (QED) is 0.793. The molecule has 1 N–H and O–H groups in total. The Morgan fingerprint density at radius 3 is 2.47 bits per heavy atom. The normalized spacial score (nSPS) is 12.0. The van der Waals surface area contributed by atoms with Crippen LogP contribution in [0.2, 0.25) is 0 Å². The van der Waals surface area contributed by atoms with Gasteiger partial charge in [-0.15, -0.1) is 0 Å². The zero-order valence-electron chi connectivity index (χ0n) is 10.8. The molecule has 0 radical (unpaired) electrons. The van der Waals surface area contributed by atoms with Gasteiger partial charge in [0.25, 0.3) is 0 Å². The predicted molar refractivity (Wildman–Crippen MR) is 84.1 cm³/mol. The van der Waals surface area contributed by atoms with Crippen molar-refractivity contribution in [2.75, 3.05) is 12.4 Å². The molecular formula is C15H15FINO. The van der Waals surface area contributed by atoms with E-state index >= 15 is 0 Å². The molecule has 0 amide bonds. The van der Waals surface area contributed by atoms with Crippen LogP contribution in [0.1, 0.15) is 18.5 Å². The molecule has 100 valence electrons. The maximum Gasteiger partial charge on any atom is 0.132 e. The summed E-state index contributed by atoms with van der Waals surface area (Å²) in [6.07, 6.45) is 0. The highest BCUT2D eigenvalue weighted by atomic mass is 127. The van der Waals surface area contributed by atoms with Gasteiger partial charge in [-0.2, -0.15) is 0 Å². The van der Waals surface area contributed by atoms with Gasteiger partial charge >= 0.3 is 0 Å². The zero-order valence-corrected chi connectivity index (χ0v) is 12.9. The van der Waals surface area contributed by atoms with Crippen LogP contribution in [-0.4, -0.2) is 7.11 Å². The Hall–Kier alpha value is -1.30. The van der Waals surface area contributed by atoms with Crippen molar-refractivity contribution in [3.05, 3.63) is 57.4 Å². The van der Waals surface area contributed by atoms with Crippen molar-refractivity contribution >= 4 is 28.3 Å². The summed E-state index contributed by atoms with van der Waals surface area (Å²) in [7, 11) is 1.55. The molecule has 19 heavy (non-hydrogen) atoms. The SMILES string of the molecule is COc1cccc(F)c1C(C)Nc1ccc(I)cc1. The molecule has 0 fully saturated rings. The summed E-state index contributed by atoms with van der Waals surface area (Å²) >= 11 is 2.25. The topological polar surface area (TPSA) is 21.3 Å². The van der Waals surface area contributed by atoms with E-state index in [9.17, 15) is 4.39 Å². The third kappa shape index (κ3) is 3.37. The summed E-state index contributed by atoms with van der Waals surface area (Å²) in [5, 5.41) is 3.28. The van der Waals surface area contributed by atoms with Crippen LogP contribution >= 0.6 is 22.6 Å². The molecule has 2 nitrogen and oxygen atoms in total. The third-order valence-electron chi connectivity index (χ3n) is 2.89. The molecule has 0 saturated carbocycles. The van der Waals surface area contributed by atoms with Gasteiger partial charge in [-0.3, -0.25) is 0 Å². The van der Waals surface area contributed by atoms with Crippen molar-refractivity contribution in [2.24, 2.45) is 0 Å². The minimum absolute atomic E-state index is 0.170. The van der Waals surface area contributed by atoms with Crippen molar-refractivity contribution in [3.8, 4) is 5.75 Å². The van der Waals surface area contributed by atoms with Crippen LogP contribution in [-0.2, 0) is 0 Å². The van der Waals surface area contributed by atoms with E-state index < -0.39 is 0 Å². The molecule has 0 aliphatic rings. The number of hydrogen-bond acceptors (Lipinski definition) is 2. The van der Waals surface area contributed by atoms with Crippen LogP contribution in [0.3, 0.4) is 0 Å². The molecule has 0 aromatic heterocycles. The average molecular weight is 371 g/mol. The van der Waals surface area contributed by atoms with E-state index in [4.69, 9.17) is 4.74 Å². The predicted octanol–water partition coefficient (Wildman–Crippen LogP) is 4.61. The van der Waals surface area contributed by atoms with E-state index in [1.807, 2.05) is 31.2 Å². The Morgan fingerprint density at radius 2 is 1.84 bits per heavy atom. The van der Waals surface area contributed by atoms with Gasteiger partial charge in [0, 0.05) is 9.26 Å². The third-order valence-corrected chi connectivity index (χ3v) is 3.61. The molecule has 0 bridgehead atoms. The molecule has 2 aromatic carbocycles. The summed E-state index contributed by atoms with van der Waals surface area (Å²) in [4.78, 5) is 0. The van der Waals surface area contributed by atoms with E-state index in [1.54, 1.807) is 19.2 Å². The molecule has 0 aliphatic heterocycles. The average Bonchev–Trinajstić information content (AvgIpc) is 2.40. The molecule has 4 heteroatoms. The van der Waals surface area contributed by atoms with Gasteiger partial charge in [0.2, 0.25) is 0 Å². The first-order chi connectivity index (χ1) is 9.11. The van der Waals surface area contributed by atoms with Gasteiger partial charge < -0.3 is 10.1 Å². The van der Waals surface area contributed by atoms with Crippen molar-refractivity contribution in [1.82, 2.24) is 0 Å². The van der Waals surface area contributed by atoms with E-state index in [0.29, 0.717) is 11.3 Å². The lowest BCUT2D eigenvalue weighted by Crippen LogP contribution is -2.10. The number of hydrogen-bond donors (Lipinski definition) is 1. The van der Waals surface area contributed by atoms with Gasteiger partial charge in [0.15, 0.2) is 0 Å². The zero-order chi connectivity index (χ0) is 13.8. The maximum absolute atomic E-state index is 13.9. The number of nitrogens with one attached hydrogen (secondary N) is 1. The van der Waals surface area contributed by atoms with Crippen molar-refractivity contribution in [2.45, 2.75) is 13.0 Å². The van der Waals surface area contributed by atoms with Crippen molar-refractivity contribution < 1.29 is 9.13 Å².